The number of benzene rings is 1. The van der Waals surface area contributed by atoms with E-state index in [0.29, 0.717) is 0 Å². The third-order valence-corrected chi connectivity index (χ3v) is 1.88. The predicted octanol–water partition coefficient (Wildman–Crippen LogP) is 0.874. The molecule has 0 unspecified atom stereocenters. The molecule has 0 saturated carbocycles. The van der Waals surface area contributed by atoms with E-state index in [-0.39, 0.29) is 11.1 Å². The van der Waals surface area contributed by atoms with Crippen LogP contribution in [0.3, 0.4) is 0 Å². The highest BCUT2D eigenvalue weighted by Gasteiger charge is 2.24. The van der Waals surface area contributed by atoms with Gasteiger partial charge in [-0.15, -0.1) is 0 Å². The number of hydrogen-bond donors (Lipinski definition) is 1. The Bertz CT molecular complexity index is 401. The van der Waals surface area contributed by atoms with Crippen LogP contribution in [0.1, 0.15) is 15.9 Å². The summed E-state index contributed by atoms with van der Waals surface area (Å²) in [6.45, 7) is -0.499. The number of aliphatic hydroxyl groups excluding tert-OH is 1. The number of nitrogens with zero attached hydrogens (tertiary/aromatic N) is 1. The summed E-state index contributed by atoms with van der Waals surface area (Å²) >= 11 is 0. The van der Waals surface area contributed by atoms with Gasteiger partial charge in [-0.1, -0.05) is 6.07 Å². The van der Waals surface area contributed by atoms with Crippen molar-refractivity contribution in [3.8, 4) is 0 Å². The number of esters is 1. The molecule has 6 heteroatoms. The molecule has 0 radical (unpaired) electrons. The summed E-state index contributed by atoms with van der Waals surface area (Å²) in [5.74, 6) is -0.794. The van der Waals surface area contributed by atoms with Crippen molar-refractivity contribution in [2.75, 3.05) is 7.11 Å². The summed E-state index contributed by atoms with van der Waals surface area (Å²) in [6.07, 6.45) is 0. The van der Waals surface area contributed by atoms with Crippen LogP contribution in [0.2, 0.25) is 0 Å². The van der Waals surface area contributed by atoms with Crippen LogP contribution in [0.15, 0.2) is 18.2 Å². The van der Waals surface area contributed by atoms with Crippen LogP contribution in [-0.4, -0.2) is 23.1 Å². The molecular weight excluding hydrogens is 202 g/mol. The van der Waals surface area contributed by atoms with Crippen molar-refractivity contribution in [3.05, 3.63) is 39.4 Å². The normalized spacial score (nSPS) is 9.73. The van der Waals surface area contributed by atoms with Crippen molar-refractivity contribution in [2.45, 2.75) is 6.61 Å². The maximum Gasteiger partial charge on any atom is 0.344 e. The summed E-state index contributed by atoms with van der Waals surface area (Å²) in [5.41, 5.74) is -0.483. The molecule has 0 amide bonds. The molecule has 0 atom stereocenters. The largest absolute Gasteiger partial charge is 0.465 e. The van der Waals surface area contributed by atoms with E-state index in [2.05, 4.69) is 4.74 Å². The lowest BCUT2D eigenvalue weighted by Gasteiger charge is -2.03. The molecule has 15 heavy (non-hydrogen) atoms. The zero-order valence-corrected chi connectivity index (χ0v) is 7.97. The number of carbonyl (C=O) groups excluding carboxylic acids is 1. The van der Waals surface area contributed by atoms with Gasteiger partial charge in [-0.2, -0.15) is 0 Å². The fourth-order valence-electron chi connectivity index (χ4n) is 1.21. The number of aliphatic hydroxyl groups is 1. The first-order chi connectivity index (χ1) is 7.11. The fourth-order valence-corrected chi connectivity index (χ4v) is 1.21. The van der Waals surface area contributed by atoms with Gasteiger partial charge in [0, 0.05) is 0 Å². The minimum absolute atomic E-state index is 0.0860. The molecule has 0 heterocycles. The molecule has 0 aliphatic carbocycles. The highest BCUT2D eigenvalue weighted by atomic mass is 16.6. The van der Waals surface area contributed by atoms with E-state index >= 15 is 0 Å². The summed E-state index contributed by atoms with van der Waals surface area (Å²) in [4.78, 5) is 21.2. The molecule has 0 spiro atoms. The van der Waals surface area contributed by atoms with E-state index < -0.39 is 23.2 Å². The average molecular weight is 211 g/mol. The van der Waals surface area contributed by atoms with E-state index in [1.54, 1.807) is 0 Å². The van der Waals surface area contributed by atoms with Crippen molar-refractivity contribution in [1.29, 1.82) is 0 Å². The van der Waals surface area contributed by atoms with Gasteiger partial charge in [0.2, 0.25) is 0 Å². The molecule has 0 aliphatic heterocycles. The number of nitro benzene ring substituents is 1. The molecule has 6 nitrogen and oxygen atoms in total. The van der Waals surface area contributed by atoms with Gasteiger partial charge < -0.3 is 9.84 Å². The van der Waals surface area contributed by atoms with Crippen molar-refractivity contribution in [2.24, 2.45) is 0 Å². The predicted molar refractivity (Wildman–Crippen MR) is 50.4 cm³/mol. The standard InChI is InChI=1S/C9H9NO5/c1-15-9(12)7-4-2-3-6(5-11)8(7)10(13)14/h2-4,11H,5H2,1H3. The first-order valence-electron chi connectivity index (χ1n) is 4.07. The molecule has 1 aromatic rings. The second kappa shape index (κ2) is 4.52. The highest BCUT2D eigenvalue weighted by molar-refractivity contribution is 5.94. The summed E-state index contributed by atoms with van der Waals surface area (Å²) in [5, 5.41) is 19.6. The van der Waals surface area contributed by atoms with Gasteiger partial charge in [0.15, 0.2) is 0 Å². The van der Waals surface area contributed by atoms with Crippen molar-refractivity contribution < 1.29 is 19.6 Å². The zero-order chi connectivity index (χ0) is 11.4. The molecule has 80 valence electrons. The maximum absolute atomic E-state index is 11.2. The van der Waals surface area contributed by atoms with Crippen LogP contribution < -0.4 is 0 Å². The number of para-hydroxylation sites is 1. The third kappa shape index (κ3) is 2.10. The molecule has 0 fully saturated rings. The molecule has 1 aromatic carbocycles. The quantitative estimate of drug-likeness (QED) is 0.455. The topological polar surface area (TPSA) is 89.7 Å². The Balaban J connectivity index is 3.38. The lowest BCUT2D eigenvalue weighted by atomic mass is 10.1. The van der Waals surface area contributed by atoms with Crippen LogP contribution in [0.25, 0.3) is 0 Å². The molecule has 0 aromatic heterocycles. The summed E-state index contributed by atoms with van der Waals surface area (Å²) in [6, 6.07) is 4.11. The smallest absolute Gasteiger partial charge is 0.344 e. The van der Waals surface area contributed by atoms with E-state index in [0.717, 1.165) is 7.11 Å². The minimum atomic E-state index is -0.794. The minimum Gasteiger partial charge on any atom is -0.465 e. The Morgan fingerprint density at radius 3 is 2.73 bits per heavy atom. The van der Waals surface area contributed by atoms with Gasteiger partial charge in [0.05, 0.1) is 24.2 Å². The Kier molecular flexibility index (Phi) is 3.35. The first kappa shape index (κ1) is 11.1. The Labute approximate surface area is 85.2 Å². The second-order valence-electron chi connectivity index (χ2n) is 2.72. The summed E-state index contributed by atoms with van der Waals surface area (Å²) in [7, 11) is 1.14. The van der Waals surface area contributed by atoms with Crippen molar-refractivity contribution in [1.82, 2.24) is 0 Å². The monoisotopic (exact) mass is 211 g/mol. The van der Waals surface area contributed by atoms with E-state index in [1.807, 2.05) is 0 Å². The average Bonchev–Trinajstić information content (AvgIpc) is 2.26. The number of nitro groups is 1. The molecule has 1 N–H and O–H groups in total. The molecular formula is C9H9NO5. The van der Waals surface area contributed by atoms with Gasteiger partial charge in [-0.05, 0) is 12.1 Å². The van der Waals surface area contributed by atoms with Gasteiger partial charge in [0.1, 0.15) is 5.56 Å². The first-order valence-corrected chi connectivity index (χ1v) is 4.07. The Hall–Kier alpha value is -1.95. The van der Waals surface area contributed by atoms with Gasteiger partial charge in [0.25, 0.3) is 5.69 Å². The number of ether oxygens (including phenoxy) is 1. The van der Waals surface area contributed by atoms with Crippen LogP contribution >= 0.6 is 0 Å². The molecule has 0 aliphatic rings. The Morgan fingerprint density at radius 1 is 1.60 bits per heavy atom. The second-order valence-corrected chi connectivity index (χ2v) is 2.72. The maximum atomic E-state index is 11.2. The number of hydrogen-bond acceptors (Lipinski definition) is 5. The van der Waals surface area contributed by atoms with E-state index in [4.69, 9.17) is 5.11 Å². The van der Waals surface area contributed by atoms with Crippen molar-refractivity contribution >= 4 is 11.7 Å². The lowest BCUT2D eigenvalue weighted by molar-refractivity contribution is -0.386. The zero-order valence-electron chi connectivity index (χ0n) is 7.97. The lowest BCUT2D eigenvalue weighted by Crippen LogP contribution is -2.07. The van der Waals surface area contributed by atoms with E-state index in [9.17, 15) is 14.9 Å². The highest BCUT2D eigenvalue weighted by Crippen LogP contribution is 2.24. The third-order valence-electron chi connectivity index (χ3n) is 1.88. The van der Waals surface area contributed by atoms with Crippen LogP contribution in [0, 0.1) is 10.1 Å². The van der Waals surface area contributed by atoms with Gasteiger partial charge in [-0.25, -0.2) is 4.79 Å². The summed E-state index contributed by atoms with van der Waals surface area (Å²) < 4.78 is 4.40. The van der Waals surface area contributed by atoms with Gasteiger partial charge >= 0.3 is 5.97 Å². The van der Waals surface area contributed by atoms with Gasteiger partial charge in [-0.3, -0.25) is 10.1 Å². The SMILES string of the molecule is COC(=O)c1cccc(CO)c1[N+](=O)[O-]. The number of methoxy groups -OCH3 is 1. The number of carbonyl (C=O) groups is 1. The Morgan fingerprint density at radius 2 is 2.27 bits per heavy atom. The van der Waals surface area contributed by atoms with Crippen LogP contribution in [0.4, 0.5) is 5.69 Å². The fraction of sp³-hybridized carbons (Fsp3) is 0.222. The number of rotatable bonds is 3. The molecule has 1 rings (SSSR count). The van der Waals surface area contributed by atoms with Crippen molar-refractivity contribution in [3.63, 3.8) is 0 Å². The van der Waals surface area contributed by atoms with Crippen LogP contribution in [-0.2, 0) is 11.3 Å². The van der Waals surface area contributed by atoms with E-state index in [1.165, 1.54) is 18.2 Å². The molecule has 0 saturated heterocycles. The molecule has 0 bridgehead atoms. The van der Waals surface area contributed by atoms with Crippen LogP contribution in [0.5, 0.6) is 0 Å².